The largest absolute Gasteiger partial charge is 0.497 e. The highest BCUT2D eigenvalue weighted by Crippen LogP contribution is 2.30. The molecule has 1 aliphatic heterocycles. The molecule has 0 spiro atoms. The van der Waals surface area contributed by atoms with Crippen molar-refractivity contribution in [2.24, 2.45) is 0 Å². The number of piperidine rings is 1. The highest BCUT2D eigenvalue weighted by Gasteiger charge is 2.29. The zero-order valence-electron chi connectivity index (χ0n) is 16.8. The van der Waals surface area contributed by atoms with Crippen molar-refractivity contribution in [1.82, 2.24) is 15.0 Å². The lowest BCUT2D eigenvalue weighted by Crippen LogP contribution is -2.39. The SMILES string of the molecule is COc1cc(OC)cc(C(=O)N2CCCC(c3nc(-c4ccc(F)cc4)no3)C2)c1. The van der Waals surface area contributed by atoms with Crippen LogP contribution < -0.4 is 9.47 Å². The quantitative estimate of drug-likeness (QED) is 0.633. The molecular formula is C22H22FN3O4. The summed E-state index contributed by atoms with van der Waals surface area (Å²) < 4.78 is 29.1. The Balaban J connectivity index is 1.51. The summed E-state index contributed by atoms with van der Waals surface area (Å²) in [6, 6.07) is 11.1. The molecule has 1 aromatic heterocycles. The second-order valence-electron chi connectivity index (χ2n) is 7.15. The fourth-order valence-corrected chi connectivity index (χ4v) is 3.59. The molecule has 1 saturated heterocycles. The second-order valence-corrected chi connectivity index (χ2v) is 7.15. The van der Waals surface area contributed by atoms with E-state index in [0.29, 0.717) is 47.4 Å². The lowest BCUT2D eigenvalue weighted by atomic mass is 9.97. The van der Waals surface area contributed by atoms with Crippen LogP contribution in [0.2, 0.25) is 0 Å². The summed E-state index contributed by atoms with van der Waals surface area (Å²) in [6.45, 7) is 1.12. The molecule has 2 aromatic carbocycles. The van der Waals surface area contributed by atoms with E-state index in [2.05, 4.69) is 10.1 Å². The Bertz CT molecular complexity index is 1010. The summed E-state index contributed by atoms with van der Waals surface area (Å²) >= 11 is 0. The molecule has 0 bridgehead atoms. The topological polar surface area (TPSA) is 77.7 Å². The number of benzene rings is 2. The van der Waals surface area contributed by atoms with Gasteiger partial charge in [0.25, 0.3) is 5.91 Å². The number of ether oxygens (including phenoxy) is 2. The van der Waals surface area contributed by atoms with Gasteiger partial charge < -0.3 is 18.9 Å². The molecule has 7 nitrogen and oxygen atoms in total. The second kappa shape index (κ2) is 8.52. The van der Waals surface area contributed by atoms with Gasteiger partial charge in [-0.15, -0.1) is 0 Å². The highest BCUT2D eigenvalue weighted by atomic mass is 19.1. The van der Waals surface area contributed by atoms with Crippen LogP contribution in [0.5, 0.6) is 11.5 Å². The van der Waals surface area contributed by atoms with Crippen LogP contribution in [-0.4, -0.2) is 48.3 Å². The van der Waals surface area contributed by atoms with Crippen molar-refractivity contribution in [2.75, 3.05) is 27.3 Å². The first-order valence-corrected chi connectivity index (χ1v) is 9.69. The van der Waals surface area contributed by atoms with Gasteiger partial charge in [0.2, 0.25) is 11.7 Å². The third kappa shape index (κ3) is 4.12. The molecule has 4 rings (SSSR count). The van der Waals surface area contributed by atoms with Crippen molar-refractivity contribution in [2.45, 2.75) is 18.8 Å². The van der Waals surface area contributed by atoms with Crippen LogP contribution in [0.25, 0.3) is 11.4 Å². The Morgan fingerprint density at radius 1 is 1.13 bits per heavy atom. The Morgan fingerprint density at radius 2 is 1.83 bits per heavy atom. The number of carbonyl (C=O) groups excluding carboxylic acids is 1. The number of nitrogens with zero attached hydrogens (tertiary/aromatic N) is 3. The number of hydrogen-bond acceptors (Lipinski definition) is 6. The van der Waals surface area contributed by atoms with Gasteiger partial charge in [-0.3, -0.25) is 4.79 Å². The van der Waals surface area contributed by atoms with Gasteiger partial charge in [0.05, 0.1) is 20.1 Å². The van der Waals surface area contributed by atoms with Gasteiger partial charge in [-0.2, -0.15) is 4.98 Å². The molecule has 3 aromatic rings. The van der Waals surface area contributed by atoms with E-state index in [0.717, 1.165) is 12.8 Å². The van der Waals surface area contributed by atoms with Crippen molar-refractivity contribution < 1.29 is 23.2 Å². The predicted octanol–water partition coefficient (Wildman–Crippen LogP) is 3.91. The first-order valence-electron chi connectivity index (χ1n) is 9.69. The summed E-state index contributed by atoms with van der Waals surface area (Å²) in [7, 11) is 3.10. The van der Waals surface area contributed by atoms with Gasteiger partial charge in [-0.1, -0.05) is 5.16 Å². The Morgan fingerprint density at radius 3 is 2.50 bits per heavy atom. The van der Waals surface area contributed by atoms with Crippen LogP contribution in [0.1, 0.15) is 35.0 Å². The first-order chi connectivity index (χ1) is 14.6. The number of aromatic nitrogens is 2. The molecule has 1 fully saturated rings. The van der Waals surface area contributed by atoms with Crippen LogP contribution in [0.4, 0.5) is 4.39 Å². The number of carbonyl (C=O) groups is 1. The number of methoxy groups -OCH3 is 2. The minimum atomic E-state index is -0.321. The zero-order chi connectivity index (χ0) is 21.1. The Hall–Kier alpha value is -3.42. The third-order valence-corrected chi connectivity index (χ3v) is 5.20. The van der Waals surface area contributed by atoms with Gasteiger partial charge >= 0.3 is 0 Å². The number of halogens is 1. The summed E-state index contributed by atoms with van der Waals surface area (Å²) in [6.07, 6.45) is 1.67. The molecule has 156 valence electrons. The molecule has 2 heterocycles. The van der Waals surface area contributed by atoms with Gasteiger partial charge in [-0.25, -0.2) is 4.39 Å². The van der Waals surface area contributed by atoms with Gasteiger partial charge in [-0.05, 0) is 49.2 Å². The summed E-state index contributed by atoms with van der Waals surface area (Å²) in [4.78, 5) is 19.3. The molecule has 1 atom stereocenters. The van der Waals surface area contributed by atoms with Crippen LogP contribution in [0, 0.1) is 5.82 Å². The van der Waals surface area contributed by atoms with Crippen LogP contribution >= 0.6 is 0 Å². The Labute approximate surface area is 173 Å². The van der Waals surface area contributed by atoms with Gasteiger partial charge in [0.15, 0.2) is 0 Å². The Kier molecular flexibility index (Phi) is 5.65. The van der Waals surface area contributed by atoms with Crippen molar-refractivity contribution in [3.63, 3.8) is 0 Å². The molecule has 8 heteroatoms. The van der Waals surface area contributed by atoms with E-state index in [9.17, 15) is 9.18 Å². The zero-order valence-corrected chi connectivity index (χ0v) is 16.8. The molecule has 0 radical (unpaired) electrons. The third-order valence-electron chi connectivity index (χ3n) is 5.20. The molecule has 0 N–H and O–H groups in total. The minimum absolute atomic E-state index is 0.0584. The van der Waals surface area contributed by atoms with E-state index in [1.807, 2.05) is 0 Å². The smallest absolute Gasteiger partial charge is 0.254 e. The number of rotatable bonds is 5. The van der Waals surface area contributed by atoms with E-state index < -0.39 is 0 Å². The first kappa shape index (κ1) is 19.9. The fraction of sp³-hybridized carbons (Fsp3) is 0.318. The standard InChI is InChI=1S/C22H22FN3O4/c1-28-18-10-16(11-19(12-18)29-2)22(27)26-9-3-4-15(13-26)21-24-20(25-30-21)14-5-7-17(23)8-6-14/h5-8,10-12,15H,3-4,9,13H2,1-2H3. The van der Waals surface area contributed by atoms with Crippen LogP contribution in [-0.2, 0) is 0 Å². The molecule has 1 unspecified atom stereocenters. The summed E-state index contributed by atoms with van der Waals surface area (Å²) in [5, 5.41) is 4.02. The monoisotopic (exact) mass is 411 g/mol. The number of amides is 1. The van der Waals surface area contributed by atoms with Gasteiger partial charge in [0, 0.05) is 30.3 Å². The van der Waals surface area contributed by atoms with Gasteiger partial charge in [0.1, 0.15) is 17.3 Å². The molecule has 0 aliphatic carbocycles. The lowest BCUT2D eigenvalue weighted by Gasteiger charge is -2.31. The molecule has 1 aliphatic rings. The maximum absolute atomic E-state index is 13.1. The summed E-state index contributed by atoms with van der Waals surface area (Å²) in [5.41, 5.74) is 1.18. The average molecular weight is 411 g/mol. The molecule has 30 heavy (non-hydrogen) atoms. The van der Waals surface area contributed by atoms with E-state index in [1.54, 1.807) is 49.5 Å². The minimum Gasteiger partial charge on any atom is -0.497 e. The maximum Gasteiger partial charge on any atom is 0.254 e. The number of hydrogen-bond donors (Lipinski definition) is 0. The lowest BCUT2D eigenvalue weighted by molar-refractivity contribution is 0.0695. The van der Waals surface area contributed by atoms with Crippen molar-refractivity contribution in [1.29, 1.82) is 0 Å². The fourth-order valence-electron chi connectivity index (χ4n) is 3.59. The predicted molar refractivity (Wildman–Crippen MR) is 107 cm³/mol. The van der Waals surface area contributed by atoms with E-state index in [1.165, 1.54) is 12.1 Å². The van der Waals surface area contributed by atoms with E-state index in [-0.39, 0.29) is 17.6 Å². The number of likely N-dealkylation sites (tertiary alicyclic amines) is 1. The van der Waals surface area contributed by atoms with Crippen molar-refractivity contribution >= 4 is 5.91 Å². The summed E-state index contributed by atoms with van der Waals surface area (Å²) in [5.74, 6) is 1.53. The average Bonchev–Trinajstić information content (AvgIpc) is 3.29. The normalized spacial score (nSPS) is 16.4. The molecule has 1 amide bonds. The van der Waals surface area contributed by atoms with Crippen molar-refractivity contribution in [3.8, 4) is 22.9 Å². The highest BCUT2D eigenvalue weighted by molar-refractivity contribution is 5.95. The van der Waals surface area contributed by atoms with Crippen LogP contribution in [0.15, 0.2) is 47.0 Å². The molecule has 0 saturated carbocycles. The molecular weight excluding hydrogens is 389 g/mol. The van der Waals surface area contributed by atoms with Crippen LogP contribution in [0.3, 0.4) is 0 Å². The maximum atomic E-state index is 13.1. The van der Waals surface area contributed by atoms with E-state index >= 15 is 0 Å². The van der Waals surface area contributed by atoms with E-state index in [4.69, 9.17) is 14.0 Å². The van der Waals surface area contributed by atoms with Crippen molar-refractivity contribution in [3.05, 3.63) is 59.7 Å².